The molecule has 0 aliphatic heterocycles. The minimum Gasteiger partial charge on any atom is -0.325 e. The van der Waals surface area contributed by atoms with Gasteiger partial charge in [-0.15, -0.1) is 0 Å². The number of nitrogens with one attached hydrogen (secondary N) is 1. The number of hydrogen-bond acceptors (Lipinski definition) is 3. The minimum absolute atomic E-state index is 0.144. The van der Waals surface area contributed by atoms with E-state index in [2.05, 4.69) is 4.98 Å². The average Bonchev–Trinajstić information content (AvgIpc) is 2.61. The smallest absolute Gasteiger partial charge is 0.305 e. The lowest BCUT2D eigenvalue weighted by atomic mass is 10.1. The van der Waals surface area contributed by atoms with Crippen molar-refractivity contribution >= 4 is 11.3 Å². The maximum absolute atomic E-state index is 12.7. The number of nitrogens with two attached hydrogens (primary N) is 1. The van der Waals surface area contributed by atoms with Gasteiger partial charge in [-0.3, -0.25) is 4.79 Å². The molecule has 0 radical (unpaired) electrons. The fraction of sp³-hybridized carbons (Fsp3) is 0.100. The molecule has 0 spiro atoms. The molecule has 2 aromatic rings. The van der Waals surface area contributed by atoms with Gasteiger partial charge in [-0.1, -0.05) is 23.5 Å². The summed E-state index contributed by atoms with van der Waals surface area (Å²) in [6.45, 7) is 0.269. The molecule has 15 heavy (non-hydrogen) atoms. The Morgan fingerprint density at radius 3 is 2.60 bits per heavy atom. The molecule has 3 N–H and O–H groups in total. The van der Waals surface area contributed by atoms with Crippen LogP contribution in [0.4, 0.5) is 4.39 Å². The number of thiazole rings is 1. The van der Waals surface area contributed by atoms with Crippen molar-refractivity contribution in [1.82, 2.24) is 4.98 Å². The summed E-state index contributed by atoms with van der Waals surface area (Å²) in [4.78, 5) is 14.4. The van der Waals surface area contributed by atoms with E-state index in [1.165, 1.54) is 12.1 Å². The number of rotatable bonds is 2. The lowest BCUT2D eigenvalue weighted by Gasteiger charge is -1.99. The first kappa shape index (κ1) is 10.1. The highest BCUT2D eigenvalue weighted by Gasteiger charge is 2.08. The van der Waals surface area contributed by atoms with Crippen LogP contribution in [-0.2, 0) is 6.54 Å². The lowest BCUT2D eigenvalue weighted by molar-refractivity contribution is 0.628. The third-order valence-electron chi connectivity index (χ3n) is 2.03. The van der Waals surface area contributed by atoms with E-state index in [-0.39, 0.29) is 17.2 Å². The van der Waals surface area contributed by atoms with Gasteiger partial charge in [-0.05, 0) is 17.7 Å². The second-order valence-corrected chi connectivity index (χ2v) is 4.02. The van der Waals surface area contributed by atoms with Crippen molar-refractivity contribution in [2.24, 2.45) is 5.73 Å². The Labute approximate surface area is 89.4 Å². The molecule has 0 aliphatic carbocycles. The topological polar surface area (TPSA) is 58.9 Å². The van der Waals surface area contributed by atoms with Crippen molar-refractivity contribution < 1.29 is 4.39 Å². The SMILES string of the molecule is NCc1[nH]c(=O)sc1-c1ccc(F)cc1. The van der Waals surface area contributed by atoms with Crippen LogP contribution in [0.5, 0.6) is 0 Å². The van der Waals surface area contributed by atoms with Gasteiger partial charge in [-0.2, -0.15) is 0 Å². The van der Waals surface area contributed by atoms with Crippen LogP contribution in [-0.4, -0.2) is 4.98 Å². The second kappa shape index (κ2) is 3.96. The largest absolute Gasteiger partial charge is 0.325 e. The van der Waals surface area contributed by atoms with Crippen molar-refractivity contribution in [2.45, 2.75) is 6.54 Å². The molecule has 0 fully saturated rings. The van der Waals surface area contributed by atoms with Gasteiger partial charge in [0, 0.05) is 6.54 Å². The van der Waals surface area contributed by atoms with Crippen LogP contribution < -0.4 is 10.6 Å². The van der Waals surface area contributed by atoms with Crippen molar-refractivity contribution in [3.05, 3.63) is 45.4 Å². The number of aromatic amines is 1. The molecule has 78 valence electrons. The van der Waals surface area contributed by atoms with Gasteiger partial charge in [0.2, 0.25) is 0 Å². The van der Waals surface area contributed by atoms with Gasteiger partial charge in [0.15, 0.2) is 0 Å². The van der Waals surface area contributed by atoms with Crippen molar-refractivity contribution in [1.29, 1.82) is 0 Å². The van der Waals surface area contributed by atoms with Crippen LogP contribution in [0.3, 0.4) is 0 Å². The fourth-order valence-electron chi connectivity index (χ4n) is 1.34. The maximum atomic E-state index is 12.7. The van der Waals surface area contributed by atoms with Crippen molar-refractivity contribution in [2.75, 3.05) is 0 Å². The molecule has 1 aromatic carbocycles. The van der Waals surface area contributed by atoms with E-state index < -0.39 is 0 Å². The number of benzene rings is 1. The van der Waals surface area contributed by atoms with Gasteiger partial charge < -0.3 is 10.7 Å². The number of halogens is 1. The molecule has 1 aromatic heterocycles. The molecule has 0 unspecified atom stereocenters. The van der Waals surface area contributed by atoms with Crippen LogP contribution in [0.2, 0.25) is 0 Å². The summed E-state index contributed by atoms with van der Waals surface area (Å²) in [5.74, 6) is -0.295. The van der Waals surface area contributed by atoms with Crippen LogP contribution in [0.25, 0.3) is 10.4 Å². The Balaban J connectivity index is 2.53. The summed E-state index contributed by atoms with van der Waals surface area (Å²) < 4.78 is 12.7. The molecule has 5 heteroatoms. The zero-order valence-electron chi connectivity index (χ0n) is 7.79. The Morgan fingerprint density at radius 2 is 2.00 bits per heavy atom. The van der Waals surface area contributed by atoms with E-state index in [1.807, 2.05) is 0 Å². The summed E-state index contributed by atoms with van der Waals surface area (Å²) in [5, 5.41) is 0. The summed E-state index contributed by atoms with van der Waals surface area (Å²) in [6.07, 6.45) is 0. The van der Waals surface area contributed by atoms with Gasteiger partial charge >= 0.3 is 4.87 Å². The van der Waals surface area contributed by atoms with Crippen molar-refractivity contribution in [3.8, 4) is 10.4 Å². The summed E-state index contributed by atoms with van der Waals surface area (Å²) >= 11 is 1.08. The summed E-state index contributed by atoms with van der Waals surface area (Å²) in [6, 6.07) is 5.99. The third-order valence-corrected chi connectivity index (χ3v) is 3.01. The lowest BCUT2D eigenvalue weighted by Crippen LogP contribution is -2.01. The molecule has 0 amide bonds. The molecule has 0 saturated carbocycles. The average molecular weight is 224 g/mol. The highest BCUT2D eigenvalue weighted by Crippen LogP contribution is 2.25. The quantitative estimate of drug-likeness (QED) is 0.815. The molecule has 0 saturated heterocycles. The normalized spacial score (nSPS) is 10.5. The monoisotopic (exact) mass is 224 g/mol. The summed E-state index contributed by atoms with van der Waals surface area (Å²) in [5.41, 5.74) is 6.99. The van der Waals surface area contributed by atoms with Crippen LogP contribution in [0.15, 0.2) is 29.1 Å². The Morgan fingerprint density at radius 1 is 1.33 bits per heavy atom. The van der Waals surface area contributed by atoms with Gasteiger partial charge in [0.1, 0.15) is 5.82 Å². The molecule has 0 atom stereocenters. The van der Waals surface area contributed by atoms with E-state index in [0.29, 0.717) is 5.69 Å². The Bertz CT molecular complexity index is 515. The first-order valence-corrected chi connectivity index (χ1v) is 5.20. The van der Waals surface area contributed by atoms with Crippen LogP contribution in [0, 0.1) is 5.82 Å². The zero-order chi connectivity index (χ0) is 10.8. The van der Waals surface area contributed by atoms with Gasteiger partial charge in [-0.25, -0.2) is 4.39 Å². The van der Waals surface area contributed by atoms with E-state index >= 15 is 0 Å². The van der Waals surface area contributed by atoms with Crippen LogP contribution >= 0.6 is 11.3 Å². The number of H-pyrrole nitrogens is 1. The minimum atomic E-state index is -0.295. The molecule has 1 heterocycles. The highest BCUT2D eigenvalue weighted by molar-refractivity contribution is 7.13. The predicted molar refractivity (Wildman–Crippen MR) is 58.2 cm³/mol. The van der Waals surface area contributed by atoms with Crippen molar-refractivity contribution in [3.63, 3.8) is 0 Å². The first-order chi connectivity index (χ1) is 7.20. The number of aromatic nitrogens is 1. The van der Waals surface area contributed by atoms with E-state index in [1.54, 1.807) is 12.1 Å². The standard InChI is InChI=1S/C10H9FN2OS/c11-7-3-1-6(2-4-7)9-8(5-12)13-10(14)15-9/h1-4H,5,12H2,(H,13,14). The zero-order valence-corrected chi connectivity index (χ0v) is 8.60. The third kappa shape index (κ3) is 1.98. The molecule has 2 rings (SSSR count). The second-order valence-electron chi connectivity index (χ2n) is 3.03. The first-order valence-electron chi connectivity index (χ1n) is 4.38. The van der Waals surface area contributed by atoms with E-state index in [0.717, 1.165) is 21.8 Å². The molecule has 3 nitrogen and oxygen atoms in total. The molecular weight excluding hydrogens is 215 g/mol. The molecule has 0 aliphatic rings. The highest BCUT2D eigenvalue weighted by atomic mass is 32.1. The Kier molecular flexibility index (Phi) is 2.66. The van der Waals surface area contributed by atoms with Gasteiger partial charge in [0.05, 0.1) is 10.6 Å². The van der Waals surface area contributed by atoms with Gasteiger partial charge in [0.25, 0.3) is 0 Å². The van der Waals surface area contributed by atoms with Crippen LogP contribution in [0.1, 0.15) is 5.69 Å². The molecule has 0 bridgehead atoms. The maximum Gasteiger partial charge on any atom is 0.305 e. The number of hydrogen-bond donors (Lipinski definition) is 2. The fourth-order valence-corrected chi connectivity index (χ4v) is 2.21. The predicted octanol–water partition coefficient (Wildman–Crippen LogP) is 1.70. The Hall–Kier alpha value is -1.46. The van der Waals surface area contributed by atoms with E-state index in [4.69, 9.17) is 5.73 Å². The molecular formula is C10H9FN2OS. The van der Waals surface area contributed by atoms with E-state index in [9.17, 15) is 9.18 Å². The summed E-state index contributed by atoms with van der Waals surface area (Å²) in [7, 11) is 0.